The SMILES string of the molecule is c1ccc(N(c2ccccc2)c2cc3c4c(c2)-n2c5ccccc5c5c2c(cc2c6ccccc6n(-c6ccccc6)c25)B4c2cccc4c5ccccc5n-3c24)cc1. The molecule has 5 heterocycles. The van der Waals surface area contributed by atoms with Crippen LogP contribution in [0.5, 0.6) is 0 Å². The molecule has 2 aliphatic heterocycles. The molecule has 0 bridgehead atoms. The van der Waals surface area contributed by atoms with E-state index in [1.54, 1.807) is 0 Å². The highest BCUT2D eigenvalue weighted by molar-refractivity contribution is 7.00. The summed E-state index contributed by atoms with van der Waals surface area (Å²) in [5.74, 6) is 0. The van der Waals surface area contributed by atoms with E-state index in [2.05, 4.69) is 219 Å². The minimum Gasteiger partial charge on any atom is -0.310 e. The Morgan fingerprint density at radius 1 is 0.339 bits per heavy atom. The van der Waals surface area contributed by atoms with Gasteiger partial charge in [-0.1, -0.05) is 133 Å². The molecule has 14 rings (SSSR count). The van der Waals surface area contributed by atoms with E-state index in [0.29, 0.717) is 0 Å². The maximum Gasteiger partial charge on any atom is 0.252 e. The lowest BCUT2D eigenvalue weighted by Gasteiger charge is -2.36. The molecule has 0 N–H and O–H groups in total. The largest absolute Gasteiger partial charge is 0.310 e. The molecule has 0 saturated carbocycles. The van der Waals surface area contributed by atoms with Crippen molar-refractivity contribution in [1.29, 1.82) is 0 Å². The smallest absolute Gasteiger partial charge is 0.252 e. The zero-order valence-corrected chi connectivity index (χ0v) is 31.9. The number of nitrogens with zero attached hydrogens (tertiary/aromatic N) is 4. The van der Waals surface area contributed by atoms with Gasteiger partial charge >= 0.3 is 0 Å². The lowest BCUT2D eigenvalue weighted by Crippen LogP contribution is -2.59. The predicted molar refractivity (Wildman–Crippen MR) is 249 cm³/mol. The molecule has 0 fully saturated rings. The zero-order valence-electron chi connectivity index (χ0n) is 31.9. The second-order valence-corrected chi connectivity index (χ2v) is 16.1. The predicted octanol–water partition coefficient (Wildman–Crippen LogP) is 11.6. The van der Waals surface area contributed by atoms with E-state index >= 15 is 0 Å². The Hall–Kier alpha value is -7.76. The monoisotopic (exact) mass is 748 g/mol. The maximum absolute atomic E-state index is 2.61. The molecule has 2 aliphatic rings. The van der Waals surface area contributed by atoms with E-state index in [0.717, 1.165) is 17.1 Å². The molecule has 12 aromatic rings. The van der Waals surface area contributed by atoms with E-state index in [9.17, 15) is 0 Å². The summed E-state index contributed by atoms with van der Waals surface area (Å²) in [5, 5.41) is 7.69. The molecule has 9 aromatic carbocycles. The standard InChI is InChI=1S/C54H33BN4/c1-4-17-34(18-5-1)56(35-19-6-2-7-20-35)37-31-48-51-49(32-37)59-47-30-15-12-25-41(47)50-53-42(39-24-11-13-28-45(39)57(53)36-21-8-3-9-22-36)33-44(54(50)59)55(51)43-27-16-26-40-38-23-10-14-29-46(38)58(48)52(40)43/h1-33H. The molecular formula is C54H33BN4. The van der Waals surface area contributed by atoms with Crippen molar-refractivity contribution in [2.24, 2.45) is 0 Å². The van der Waals surface area contributed by atoms with Crippen molar-refractivity contribution in [2.45, 2.75) is 0 Å². The molecule has 59 heavy (non-hydrogen) atoms. The lowest BCUT2D eigenvalue weighted by atomic mass is 9.34. The van der Waals surface area contributed by atoms with Crippen LogP contribution in [0.3, 0.4) is 0 Å². The minimum atomic E-state index is 0.0130. The summed E-state index contributed by atoms with van der Waals surface area (Å²) >= 11 is 0. The van der Waals surface area contributed by atoms with E-state index in [-0.39, 0.29) is 6.71 Å². The van der Waals surface area contributed by atoms with Crippen LogP contribution in [0.25, 0.3) is 82.5 Å². The van der Waals surface area contributed by atoms with Crippen LogP contribution in [-0.2, 0) is 0 Å². The number of fused-ring (bicyclic) bond motifs is 14. The molecule has 0 unspecified atom stereocenters. The Balaban J connectivity index is 1.22. The number of benzene rings is 9. The summed E-state index contributed by atoms with van der Waals surface area (Å²) in [6.07, 6.45) is 0. The average Bonchev–Trinajstić information content (AvgIpc) is 3.95. The quantitative estimate of drug-likeness (QED) is 0.164. The second kappa shape index (κ2) is 11.4. The third kappa shape index (κ3) is 3.99. The minimum absolute atomic E-state index is 0.0130. The van der Waals surface area contributed by atoms with Crippen LogP contribution in [0.2, 0.25) is 0 Å². The van der Waals surface area contributed by atoms with Gasteiger partial charge in [-0.05, 0) is 83.1 Å². The normalized spacial score (nSPS) is 12.7. The van der Waals surface area contributed by atoms with Crippen LogP contribution < -0.4 is 21.3 Å². The summed E-state index contributed by atoms with van der Waals surface area (Å²) in [7, 11) is 0. The Morgan fingerprint density at radius 2 is 0.847 bits per heavy atom. The first-order valence-electron chi connectivity index (χ1n) is 20.5. The summed E-state index contributed by atoms with van der Waals surface area (Å²) in [5.41, 5.74) is 18.5. The van der Waals surface area contributed by atoms with E-state index in [1.807, 2.05) is 0 Å². The van der Waals surface area contributed by atoms with Crippen molar-refractivity contribution >= 4 is 106 Å². The van der Waals surface area contributed by atoms with E-state index in [4.69, 9.17) is 0 Å². The van der Waals surface area contributed by atoms with Crippen LogP contribution in [0.1, 0.15) is 0 Å². The molecule has 3 aromatic heterocycles. The molecule has 0 saturated heterocycles. The number of anilines is 3. The highest BCUT2D eigenvalue weighted by Crippen LogP contribution is 2.46. The molecule has 4 nitrogen and oxygen atoms in total. The molecule has 0 atom stereocenters. The van der Waals surface area contributed by atoms with Crippen molar-refractivity contribution in [3.05, 3.63) is 200 Å². The Morgan fingerprint density at radius 3 is 1.51 bits per heavy atom. The Bertz CT molecular complexity index is 3690. The fraction of sp³-hybridized carbons (Fsp3) is 0. The summed E-state index contributed by atoms with van der Waals surface area (Å²) < 4.78 is 7.68. The van der Waals surface area contributed by atoms with Gasteiger partial charge in [0.2, 0.25) is 0 Å². The first-order chi connectivity index (χ1) is 29.3. The number of para-hydroxylation sites is 7. The maximum atomic E-state index is 2.61. The van der Waals surface area contributed by atoms with Crippen molar-refractivity contribution in [3.8, 4) is 17.1 Å². The third-order valence-electron chi connectivity index (χ3n) is 13.1. The average molecular weight is 749 g/mol. The fourth-order valence-corrected chi connectivity index (χ4v) is 11.0. The molecule has 5 heteroatoms. The summed E-state index contributed by atoms with van der Waals surface area (Å²) in [6, 6.07) is 74.0. The van der Waals surface area contributed by atoms with Gasteiger partial charge in [0.05, 0.1) is 33.3 Å². The van der Waals surface area contributed by atoms with Crippen LogP contribution in [0, 0.1) is 0 Å². The van der Waals surface area contributed by atoms with E-state index in [1.165, 1.54) is 98.9 Å². The fourth-order valence-electron chi connectivity index (χ4n) is 11.0. The highest BCUT2D eigenvalue weighted by Gasteiger charge is 2.42. The molecule has 0 amide bonds. The Kier molecular flexibility index (Phi) is 6.07. The van der Waals surface area contributed by atoms with Crippen LogP contribution in [-0.4, -0.2) is 20.4 Å². The third-order valence-corrected chi connectivity index (χ3v) is 13.1. The zero-order chi connectivity index (χ0) is 38.3. The van der Waals surface area contributed by atoms with Gasteiger partial charge in [0, 0.05) is 66.3 Å². The molecule has 0 spiro atoms. The van der Waals surface area contributed by atoms with Gasteiger partial charge < -0.3 is 18.6 Å². The number of hydrogen-bond acceptors (Lipinski definition) is 1. The van der Waals surface area contributed by atoms with Crippen molar-refractivity contribution in [1.82, 2.24) is 13.7 Å². The van der Waals surface area contributed by atoms with Gasteiger partial charge in [0.25, 0.3) is 6.71 Å². The molecule has 0 radical (unpaired) electrons. The van der Waals surface area contributed by atoms with Crippen LogP contribution in [0.4, 0.5) is 17.1 Å². The first-order valence-corrected chi connectivity index (χ1v) is 20.5. The summed E-state index contributed by atoms with van der Waals surface area (Å²) in [6.45, 7) is 0.0130. The lowest BCUT2D eigenvalue weighted by molar-refractivity contribution is 1.13. The molecule has 272 valence electrons. The highest BCUT2D eigenvalue weighted by atomic mass is 15.2. The van der Waals surface area contributed by atoms with Gasteiger partial charge in [-0.15, -0.1) is 0 Å². The van der Waals surface area contributed by atoms with Gasteiger partial charge in [-0.2, -0.15) is 0 Å². The number of aromatic nitrogens is 3. The Labute approximate surface area is 340 Å². The van der Waals surface area contributed by atoms with Crippen molar-refractivity contribution in [3.63, 3.8) is 0 Å². The number of rotatable bonds is 4. The second-order valence-electron chi connectivity index (χ2n) is 16.1. The van der Waals surface area contributed by atoms with Crippen molar-refractivity contribution in [2.75, 3.05) is 4.90 Å². The first kappa shape index (κ1) is 31.3. The molecule has 0 aliphatic carbocycles. The van der Waals surface area contributed by atoms with Crippen LogP contribution >= 0.6 is 0 Å². The van der Waals surface area contributed by atoms with E-state index < -0.39 is 0 Å². The van der Waals surface area contributed by atoms with Gasteiger partial charge in [-0.25, -0.2) is 0 Å². The summed E-state index contributed by atoms with van der Waals surface area (Å²) in [4.78, 5) is 2.42. The number of hydrogen-bond donors (Lipinski definition) is 0. The molecular weight excluding hydrogens is 715 g/mol. The topological polar surface area (TPSA) is 18.0 Å². The van der Waals surface area contributed by atoms with Crippen LogP contribution in [0.15, 0.2) is 200 Å². The van der Waals surface area contributed by atoms with Gasteiger partial charge in [0.15, 0.2) is 0 Å². The van der Waals surface area contributed by atoms with Crippen molar-refractivity contribution < 1.29 is 0 Å². The van der Waals surface area contributed by atoms with Gasteiger partial charge in [0.1, 0.15) is 0 Å². The van der Waals surface area contributed by atoms with Gasteiger partial charge in [-0.3, -0.25) is 0 Å².